The van der Waals surface area contributed by atoms with Gasteiger partial charge in [-0.05, 0) is 25.5 Å². The van der Waals surface area contributed by atoms with E-state index in [4.69, 9.17) is 14.6 Å². The fourth-order valence-electron chi connectivity index (χ4n) is 5.03. The van der Waals surface area contributed by atoms with Crippen LogP contribution < -0.4 is 14.4 Å². The number of hydrazone groups is 1. The van der Waals surface area contributed by atoms with E-state index in [9.17, 15) is 0 Å². The molecule has 0 radical (unpaired) electrons. The van der Waals surface area contributed by atoms with Gasteiger partial charge in [0.2, 0.25) is 5.72 Å². The van der Waals surface area contributed by atoms with Crippen LogP contribution in [-0.4, -0.2) is 43.2 Å². The molecule has 0 saturated carbocycles. The average molecular weight is 393 g/mol. The summed E-state index contributed by atoms with van der Waals surface area (Å²) in [5, 5.41) is 7.46. The summed E-state index contributed by atoms with van der Waals surface area (Å²) in [6.45, 7) is 7.77. The third-order valence-electron chi connectivity index (χ3n) is 6.83. The lowest BCUT2D eigenvalue weighted by atomic mass is 9.90. The zero-order chi connectivity index (χ0) is 20.0. The number of benzene rings is 2. The van der Waals surface area contributed by atoms with Crippen LogP contribution in [0.15, 0.2) is 47.6 Å². The van der Waals surface area contributed by atoms with Gasteiger partial charge in [0.25, 0.3) is 0 Å². The Morgan fingerprint density at radius 2 is 1.93 bits per heavy atom. The molecule has 2 aromatic carbocycles. The van der Waals surface area contributed by atoms with Crippen LogP contribution in [-0.2, 0) is 0 Å². The van der Waals surface area contributed by atoms with E-state index in [1.165, 1.54) is 16.7 Å². The van der Waals surface area contributed by atoms with Gasteiger partial charge >= 0.3 is 0 Å². The lowest BCUT2D eigenvalue weighted by Crippen LogP contribution is -3.13. The summed E-state index contributed by atoms with van der Waals surface area (Å²) >= 11 is 0. The number of ether oxygens (including phenoxy) is 2. The highest BCUT2D eigenvalue weighted by Crippen LogP contribution is 2.52. The van der Waals surface area contributed by atoms with Crippen molar-refractivity contribution in [2.24, 2.45) is 5.10 Å². The zero-order valence-corrected chi connectivity index (χ0v) is 17.6. The van der Waals surface area contributed by atoms with Crippen LogP contribution in [0.1, 0.15) is 48.9 Å². The molecule has 152 valence electrons. The highest BCUT2D eigenvalue weighted by Gasteiger charge is 2.53. The van der Waals surface area contributed by atoms with Gasteiger partial charge < -0.3 is 14.4 Å². The molecule has 3 aliphatic rings. The summed E-state index contributed by atoms with van der Waals surface area (Å²) in [6, 6.07) is 15.2. The molecule has 0 aliphatic carbocycles. The Kier molecular flexibility index (Phi) is 4.50. The Morgan fingerprint density at radius 3 is 2.62 bits per heavy atom. The molecule has 5 rings (SSSR count). The molecule has 2 aromatic rings. The van der Waals surface area contributed by atoms with Crippen LogP contribution in [0.25, 0.3) is 0 Å². The predicted molar refractivity (Wildman–Crippen MR) is 114 cm³/mol. The number of nitrogens with one attached hydrogen (secondary N) is 1. The second-order valence-corrected chi connectivity index (χ2v) is 8.51. The molecule has 0 amide bonds. The summed E-state index contributed by atoms with van der Waals surface area (Å²) in [5.74, 6) is 1.74. The minimum Gasteiger partial charge on any atom is -0.493 e. The molecule has 1 saturated heterocycles. The first-order valence-electron chi connectivity index (χ1n) is 10.8. The summed E-state index contributed by atoms with van der Waals surface area (Å²) in [4.78, 5) is 1.64. The van der Waals surface area contributed by atoms with Gasteiger partial charge in [-0.15, -0.1) is 0 Å². The van der Waals surface area contributed by atoms with Crippen molar-refractivity contribution in [2.75, 3.05) is 26.7 Å². The molecule has 5 heteroatoms. The number of fused-ring (bicyclic) bond motifs is 4. The second-order valence-electron chi connectivity index (χ2n) is 8.51. The van der Waals surface area contributed by atoms with Crippen molar-refractivity contribution in [3.05, 3.63) is 59.2 Å². The lowest BCUT2D eigenvalue weighted by Gasteiger charge is -2.50. The molecule has 5 nitrogen and oxygen atoms in total. The number of methoxy groups -OCH3 is 1. The Labute approximate surface area is 172 Å². The van der Waals surface area contributed by atoms with Crippen molar-refractivity contribution in [1.82, 2.24) is 5.01 Å². The van der Waals surface area contributed by atoms with Crippen LogP contribution in [0.4, 0.5) is 0 Å². The minimum absolute atomic E-state index is 0.202. The summed E-state index contributed by atoms with van der Waals surface area (Å²) < 4.78 is 12.4. The number of para-hydroxylation sites is 1. The van der Waals surface area contributed by atoms with Crippen LogP contribution in [0, 0.1) is 6.92 Å². The number of nitrogens with zero attached hydrogens (tertiary/aromatic N) is 2. The monoisotopic (exact) mass is 392 g/mol. The van der Waals surface area contributed by atoms with Crippen LogP contribution in [0.2, 0.25) is 0 Å². The van der Waals surface area contributed by atoms with Gasteiger partial charge in [0.05, 0.1) is 51.3 Å². The van der Waals surface area contributed by atoms with Crippen molar-refractivity contribution in [1.29, 1.82) is 0 Å². The Hall–Kier alpha value is -2.53. The lowest BCUT2D eigenvalue weighted by molar-refractivity contribution is -0.906. The normalized spacial score (nSPS) is 27.8. The predicted octanol–water partition coefficient (Wildman–Crippen LogP) is 2.94. The highest BCUT2D eigenvalue weighted by molar-refractivity contribution is 6.02. The van der Waals surface area contributed by atoms with E-state index in [1.807, 2.05) is 6.07 Å². The number of quaternary nitrogens is 1. The largest absolute Gasteiger partial charge is 0.493 e. The van der Waals surface area contributed by atoms with E-state index in [2.05, 4.69) is 55.3 Å². The molecule has 1 fully saturated rings. The molecule has 3 aliphatic heterocycles. The average Bonchev–Trinajstić information content (AvgIpc) is 3.21. The maximum atomic E-state index is 6.77. The maximum absolute atomic E-state index is 6.77. The quantitative estimate of drug-likeness (QED) is 0.873. The van der Waals surface area contributed by atoms with Crippen molar-refractivity contribution >= 4 is 5.71 Å². The molecule has 1 spiro atoms. The third kappa shape index (κ3) is 2.99. The molecule has 0 bridgehead atoms. The SMILES string of the molecule is CC[NH+]1CCC2(CC1)Oc1c(OC)cccc1[C@H]1CC(c3ccc(C)cc3)=NN12. The summed E-state index contributed by atoms with van der Waals surface area (Å²) in [6.07, 6.45) is 2.86. The van der Waals surface area contributed by atoms with Gasteiger partial charge in [-0.1, -0.05) is 42.0 Å². The van der Waals surface area contributed by atoms with E-state index in [0.717, 1.165) is 56.1 Å². The van der Waals surface area contributed by atoms with Crippen molar-refractivity contribution < 1.29 is 14.4 Å². The van der Waals surface area contributed by atoms with Crippen molar-refractivity contribution in [3.63, 3.8) is 0 Å². The molecule has 0 unspecified atom stereocenters. The molecule has 29 heavy (non-hydrogen) atoms. The van der Waals surface area contributed by atoms with Crippen LogP contribution >= 0.6 is 0 Å². The Morgan fingerprint density at radius 1 is 1.17 bits per heavy atom. The summed E-state index contributed by atoms with van der Waals surface area (Å²) in [7, 11) is 1.73. The molecular formula is C24H30N3O2+. The van der Waals surface area contributed by atoms with Crippen LogP contribution in [0.5, 0.6) is 11.5 Å². The molecule has 0 aromatic heterocycles. The first-order valence-corrected chi connectivity index (χ1v) is 10.8. The topological polar surface area (TPSA) is 38.5 Å². The number of hydrogen-bond donors (Lipinski definition) is 1. The maximum Gasteiger partial charge on any atom is 0.209 e. The molecule has 3 heterocycles. The van der Waals surface area contributed by atoms with E-state index in [1.54, 1.807) is 12.0 Å². The second kappa shape index (κ2) is 7.06. The van der Waals surface area contributed by atoms with Gasteiger partial charge in [0.1, 0.15) is 0 Å². The first-order chi connectivity index (χ1) is 14.1. The Bertz CT molecular complexity index is 930. The van der Waals surface area contributed by atoms with Gasteiger partial charge in [0.15, 0.2) is 11.5 Å². The van der Waals surface area contributed by atoms with Crippen LogP contribution in [0.3, 0.4) is 0 Å². The standard InChI is InChI=1S/C24H29N3O2/c1-4-26-14-12-24(13-15-26)27-21(19-6-5-7-22(28-3)23(19)29-24)16-20(25-27)18-10-8-17(2)9-11-18/h5-11,21H,4,12-16H2,1-3H3/p+1/t21-/m1/s1. The van der Waals surface area contributed by atoms with E-state index in [-0.39, 0.29) is 11.8 Å². The first kappa shape index (κ1) is 18.5. The smallest absolute Gasteiger partial charge is 0.209 e. The summed E-state index contributed by atoms with van der Waals surface area (Å²) in [5.41, 5.74) is 4.44. The molecule has 1 N–H and O–H groups in total. The van der Waals surface area contributed by atoms with Crippen molar-refractivity contribution in [3.8, 4) is 11.5 Å². The number of aryl methyl sites for hydroxylation is 1. The van der Waals surface area contributed by atoms with Gasteiger partial charge in [0, 0.05) is 12.0 Å². The number of rotatable bonds is 3. The fraction of sp³-hybridized carbons (Fsp3) is 0.458. The molecule has 1 atom stereocenters. The van der Waals surface area contributed by atoms with Crippen molar-refractivity contribution in [2.45, 2.75) is 44.9 Å². The Balaban J connectivity index is 1.57. The van der Waals surface area contributed by atoms with Gasteiger partial charge in [-0.3, -0.25) is 0 Å². The van der Waals surface area contributed by atoms with E-state index >= 15 is 0 Å². The number of piperidine rings is 1. The molecular weight excluding hydrogens is 362 g/mol. The van der Waals surface area contributed by atoms with E-state index < -0.39 is 0 Å². The van der Waals surface area contributed by atoms with E-state index in [0.29, 0.717) is 0 Å². The third-order valence-corrected chi connectivity index (χ3v) is 6.83. The zero-order valence-electron chi connectivity index (χ0n) is 17.6. The number of hydrogen-bond acceptors (Lipinski definition) is 4. The minimum atomic E-state index is -0.378. The fourth-order valence-corrected chi connectivity index (χ4v) is 5.03. The number of likely N-dealkylation sites (tertiary alicyclic amines) is 1. The highest BCUT2D eigenvalue weighted by atomic mass is 16.5. The van der Waals surface area contributed by atoms with Gasteiger partial charge in [-0.25, -0.2) is 5.01 Å². The van der Waals surface area contributed by atoms with Gasteiger partial charge in [-0.2, -0.15) is 5.10 Å².